The molecule has 3 aromatic rings. The van der Waals surface area contributed by atoms with Crippen molar-refractivity contribution in [1.82, 2.24) is 20.1 Å². The maximum Gasteiger partial charge on any atom is 0.251 e. The van der Waals surface area contributed by atoms with Gasteiger partial charge in [-0.1, -0.05) is 47.1 Å². The zero-order valence-corrected chi connectivity index (χ0v) is 19.5. The van der Waals surface area contributed by atoms with E-state index in [1.807, 2.05) is 32.0 Å². The van der Waals surface area contributed by atoms with E-state index in [2.05, 4.69) is 20.8 Å². The van der Waals surface area contributed by atoms with Crippen LogP contribution in [0.1, 0.15) is 27.3 Å². The molecule has 0 aliphatic carbocycles. The fourth-order valence-electron chi connectivity index (χ4n) is 2.71. The summed E-state index contributed by atoms with van der Waals surface area (Å²) in [6.45, 7) is 4.10. The van der Waals surface area contributed by atoms with Gasteiger partial charge in [0.15, 0.2) is 11.0 Å². The van der Waals surface area contributed by atoms with Crippen LogP contribution in [-0.2, 0) is 18.4 Å². The predicted octanol–water partition coefficient (Wildman–Crippen LogP) is 4.40. The summed E-state index contributed by atoms with van der Waals surface area (Å²) < 4.78 is 1.74. The van der Waals surface area contributed by atoms with E-state index in [0.29, 0.717) is 26.6 Å². The van der Waals surface area contributed by atoms with E-state index in [1.54, 1.807) is 23.7 Å². The fraction of sp³-hybridized carbons (Fsp3) is 0.238. The van der Waals surface area contributed by atoms with Crippen LogP contribution < -0.4 is 10.6 Å². The lowest BCUT2D eigenvalue weighted by Crippen LogP contribution is -2.24. The minimum Gasteiger partial charge on any atom is -0.345 e. The van der Waals surface area contributed by atoms with Gasteiger partial charge in [0, 0.05) is 18.3 Å². The summed E-state index contributed by atoms with van der Waals surface area (Å²) in [7, 11) is 1.78. The van der Waals surface area contributed by atoms with Gasteiger partial charge < -0.3 is 15.2 Å². The molecule has 0 saturated heterocycles. The van der Waals surface area contributed by atoms with E-state index in [-0.39, 0.29) is 24.1 Å². The van der Waals surface area contributed by atoms with E-state index in [1.165, 1.54) is 17.8 Å². The van der Waals surface area contributed by atoms with Gasteiger partial charge in [-0.3, -0.25) is 9.59 Å². The van der Waals surface area contributed by atoms with Crippen LogP contribution in [0.5, 0.6) is 0 Å². The van der Waals surface area contributed by atoms with Gasteiger partial charge in [0.05, 0.1) is 22.3 Å². The zero-order chi connectivity index (χ0) is 22.5. The first-order valence-electron chi connectivity index (χ1n) is 9.36. The normalized spacial score (nSPS) is 10.7. The van der Waals surface area contributed by atoms with E-state index < -0.39 is 0 Å². The number of benzene rings is 2. The summed E-state index contributed by atoms with van der Waals surface area (Å²) in [6.07, 6.45) is 0. The van der Waals surface area contributed by atoms with Crippen molar-refractivity contribution < 1.29 is 9.59 Å². The van der Waals surface area contributed by atoms with E-state index >= 15 is 0 Å². The number of nitrogens with zero attached hydrogens (tertiary/aromatic N) is 3. The Labute approximate surface area is 194 Å². The molecule has 0 saturated carbocycles. The van der Waals surface area contributed by atoms with Gasteiger partial charge in [0.25, 0.3) is 5.91 Å². The highest BCUT2D eigenvalue weighted by molar-refractivity contribution is 7.99. The van der Waals surface area contributed by atoms with Gasteiger partial charge in [-0.05, 0) is 49.2 Å². The maximum atomic E-state index is 12.3. The van der Waals surface area contributed by atoms with Gasteiger partial charge >= 0.3 is 0 Å². The van der Waals surface area contributed by atoms with Crippen molar-refractivity contribution in [3.8, 4) is 0 Å². The van der Waals surface area contributed by atoms with Crippen molar-refractivity contribution in [3.05, 3.63) is 69.0 Å². The summed E-state index contributed by atoms with van der Waals surface area (Å²) in [4.78, 5) is 24.6. The second-order valence-electron chi connectivity index (χ2n) is 6.92. The molecule has 0 aliphatic heterocycles. The van der Waals surface area contributed by atoms with E-state index in [9.17, 15) is 9.59 Å². The summed E-state index contributed by atoms with van der Waals surface area (Å²) in [5.74, 6) is 0.320. The molecule has 0 spiro atoms. The molecule has 0 radical (unpaired) electrons. The lowest BCUT2D eigenvalue weighted by atomic mass is 10.1. The first-order chi connectivity index (χ1) is 14.7. The molecule has 31 heavy (non-hydrogen) atoms. The Morgan fingerprint density at radius 3 is 2.58 bits per heavy atom. The third kappa shape index (κ3) is 6.00. The number of hydrogen-bond donors (Lipinski definition) is 2. The van der Waals surface area contributed by atoms with Crippen molar-refractivity contribution in [2.24, 2.45) is 7.05 Å². The first kappa shape index (κ1) is 23.1. The molecule has 3 rings (SSSR count). The number of aromatic nitrogens is 3. The molecule has 0 atom stereocenters. The van der Waals surface area contributed by atoms with Crippen molar-refractivity contribution in [2.45, 2.75) is 25.5 Å². The number of rotatable bonds is 7. The van der Waals surface area contributed by atoms with Crippen LogP contribution >= 0.6 is 35.0 Å². The molecule has 162 valence electrons. The van der Waals surface area contributed by atoms with Crippen molar-refractivity contribution >= 4 is 52.5 Å². The standard InChI is InChI=1S/C21H21Cl2N5O2S/c1-12-4-5-13(2)17(8-12)25-19(29)11-31-21-27-26-18(28(21)3)10-24-20(30)14-6-7-15(22)16(23)9-14/h4-9H,10-11H2,1-3H3,(H,24,30)(H,25,29). The molecular formula is C21H21Cl2N5O2S. The predicted molar refractivity (Wildman–Crippen MR) is 124 cm³/mol. The zero-order valence-electron chi connectivity index (χ0n) is 17.2. The smallest absolute Gasteiger partial charge is 0.251 e. The molecule has 0 aliphatic rings. The molecule has 1 heterocycles. The highest BCUT2D eigenvalue weighted by Crippen LogP contribution is 2.23. The van der Waals surface area contributed by atoms with E-state index in [4.69, 9.17) is 23.2 Å². The average Bonchev–Trinajstić information content (AvgIpc) is 3.09. The Hall–Kier alpha value is -2.55. The number of carbonyl (C=O) groups is 2. The number of carbonyl (C=O) groups excluding carboxylic acids is 2. The molecule has 7 nitrogen and oxygen atoms in total. The largest absolute Gasteiger partial charge is 0.345 e. The molecule has 0 bridgehead atoms. The Balaban J connectivity index is 1.54. The molecule has 2 aromatic carbocycles. The van der Waals surface area contributed by atoms with Gasteiger partial charge in [-0.2, -0.15) is 0 Å². The van der Waals surface area contributed by atoms with Crippen molar-refractivity contribution in [1.29, 1.82) is 0 Å². The topological polar surface area (TPSA) is 88.9 Å². The Morgan fingerprint density at radius 1 is 1.06 bits per heavy atom. The minimum atomic E-state index is -0.302. The van der Waals surface area contributed by atoms with Crippen LogP contribution in [0.25, 0.3) is 0 Å². The molecule has 0 unspecified atom stereocenters. The number of aryl methyl sites for hydroxylation is 2. The number of halogens is 2. The second kappa shape index (κ2) is 10.2. The number of nitrogens with one attached hydrogen (secondary N) is 2. The monoisotopic (exact) mass is 477 g/mol. The van der Waals surface area contributed by atoms with Crippen molar-refractivity contribution in [3.63, 3.8) is 0 Å². The SMILES string of the molecule is Cc1ccc(C)c(NC(=O)CSc2nnc(CNC(=O)c3ccc(Cl)c(Cl)c3)n2C)c1. The fourth-order valence-corrected chi connectivity index (χ4v) is 3.74. The summed E-state index contributed by atoms with van der Waals surface area (Å²) in [5, 5.41) is 15.2. The minimum absolute atomic E-state index is 0.129. The Bertz CT molecular complexity index is 1130. The summed E-state index contributed by atoms with van der Waals surface area (Å²) in [5.41, 5.74) is 3.28. The van der Waals surface area contributed by atoms with Gasteiger partial charge in [0.2, 0.25) is 5.91 Å². The molecule has 1 aromatic heterocycles. The molecule has 2 N–H and O–H groups in total. The van der Waals surface area contributed by atoms with Crippen LogP contribution in [0.4, 0.5) is 5.69 Å². The van der Waals surface area contributed by atoms with Gasteiger partial charge in [0.1, 0.15) is 0 Å². The molecular weight excluding hydrogens is 457 g/mol. The lowest BCUT2D eigenvalue weighted by Gasteiger charge is -2.09. The Kier molecular flexibility index (Phi) is 7.59. The average molecular weight is 478 g/mol. The number of hydrogen-bond acceptors (Lipinski definition) is 5. The maximum absolute atomic E-state index is 12.3. The summed E-state index contributed by atoms with van der Waals surface area (Å²) in [6, 6.07) is 10.6. The summed E-state index contributed by atoms with van der Waals surface area (Å²) >= 11 is 13.1. The highest BCUT2D eigenvalue weighted by Gasteiger charge is 2.14. The number of amides is 2. The van der Waals surface area contributed by atoms with Gasteiger partial charge in [-0.15, -0.1) is 10.2 Å². The quantitative estimate of drug-likeness (QED) is 0.492. The highest BCUT2D eigenvalue weighted by atomic mass is 35.5. The van der Waals surface area contributed by atoms with Crippen LogP contribution in [0.15, 0.2) is 41.6 Å². The molecule has 2 amide bonds. The molecule has 10 heteroatoms. The third-order valence-electron chi connectivity index (χ3n) is 4.51. The lowest BCUT2D eigenvalue weighted by molar-refractivity contribution is -0.113. The van der Waals surface area contributed by atoms with Crippen LogP contribution in [-0.4, -0.2) is 32.3 Å². The van der Waals surface area contributed by atoms with E-state index in [0.717, 1.165) is 16.8 Å². The first-order valence-corrected chi connectivity index (χ1v) is 11.1. The number of anilines is 1. The van der Waals surface area contributed by atoms with Crippen LogP contribution in [0, 0.1) is 13.8 Å². The third-order valence-corrected chi connectivity index (χ3v) is 6.27. The Morgan fingerprint density at radius 2 is 1.84 bits per heavy atom. The molecule has 0 fully saturated rings. The van der Waals surface area contributed by atoms with Crippen LogP contribution in [0.3, 0.4) is 0 Å². The second-order valence-corrected chi connectivity index (χ2v) is 8.68. The number of thioether (sulfide) groups is 1. The van der Waals surface area contributed by atoms with Crippen molar-refractivity contribution in [2.75, 3.05) is 11.1 Å². The van der Waals surface area contributed by atoms with Crippen LogP contribution in [0.2, 0.25) is 10.0 Å². The van der Waals surface area contributed by atoms with Gasteiger partial charge in [-0.25, -0.2) is 0 Å².